The minimum absolute atomic E-state index is 0. The molecule has 0 fully saturated rings. The number of halogens is 4. The second kappa shape index (κ2) is 10.7. The number of sulfonamides is 1. The number of rotatable bonds is 7. The molecule has 0 atom stereocenters. The van der Waals surface area contributed by atoms with Gasteiger partial charge in [-0.3, -0.25) is 19.8 Å². The van der Waals surface area contributed by atoms with Crippen LogP contribution in [0.1, 0.15) is 16.7 Å². The number of nitro groups is 1. The van der Waals surface area contributed by atoms with Crippen molar-refractivity contribution in [2.24, 2.45) is 10.7 Å². The molecule has 0 saturated heterocycles. The third-order valence-electron chi connectivity index (χ3n) is 4.50. The number of non-ortho nitro benzene ring substituents is 1. The quantitative estimate of drug-likeness (QED) is 0.184. The zero-order valence-corrected chi connectivity index (χ0v) is 19.7. The lowest BCUT2D eigenvalue weighted by molar-refractivity contribution is -0.384. The van der Waals surface area contributed by atoms with Gasteiger partial charge in [-0.15, -0.1) is 17.0 Å². The largest absolute Gasteiger partial charge is 0.416 e. The van der Waals surface area contributed by atoms with Crippen LogP contribution in [-0.4, -0.2) is 19.2 Å². The molecule has 0 aromatic heterocycles. The Kier molecular flexibility index (Phi) is 8.40. The second-order valence-electron chi connectivity index (χ2n) is 6.83. The van der Waals surface area contributed by atoms with E-state index in [0.717, 1.165) is 36.4 Å². The van der Waals surface area contributed by atoms with E-state index in [0.29, 0.717) is 11.1 Å². The summed E-state index contributed by atoms with van der Waals surface area (Å²) in [7, 11) is -3.94. The predicted octanol–water partition coefficient (Wildman–Crippen LogP) is 4.90. The van der Waals surface area contributed by atoms with E-state index in [-0.39, 0.29) is 45.6 Å². The molecular weight excluding hydrogens is 541 g/mol. The van der Waals surface area contributed by atoms with Crippen molar-refractivity contribution in [1.82, 2.24) is 0 Å². The number of nitrogens with zero attached hydrogens (tertiary/aromatic N) is 2. The summed E-state index contributed by atoms with van der Waals surface area (Å²) in [6, 6.07) is 15.0. The van der Waals surface area contributed by atoms with Gasteiger partial charge in [0.15, 0.2) is 0 Å². The van der Waals surface area contributed by atoms with Gasteiger partial charge in [0, 0.05) is 23.4 Å². The first-order valence-electron chi connectivity index (χ1n) is 9.29. The molecule has 0 aliphatic carbocycles. The van der Waals surface area contributed by atoms with Gasteiger partial charge in [-0.2, -0.15) is 13.2 Å². The standard InChI is InChI=1S/C21H17F3N4O4S.BrH/c22-21(23,24)16-5-3-15(4-6-16)20(25)26-13-14-1-7-17(8-2-14)27-33(31,32)19-11-9-18(10-12-19)28(29)30;/h1-12,27H,13H2,(H2,25,26);1H. The average molecular weight is 559 g/mol. The summed E-state index contributed by atoms with van der Waals surface area (Å²) in [5.41, 5.74) is 6.12. The SMILES string of the molecule is Br.NC(=NCc1ccc(NS(=O)(=O)c2ccc([N+](=O)[O-])cc2)cc1)c1ccc(C(F)(F)F)cc1. The fourth-order valence-corrected chi connectivity index (χ4v) is 3.80. The molecule has 0 unspecified atom stereocenters. The lowest BCUT2D eigenvalue weighted by atomic mass is 10.1. The van der Waals surface area contributed by atoms with Crippen molar-refractivity contribution in [3.05, 3.63) is 99.6 Å². The molecule has 0 spiro atoms. The molecule has 0 bridgehead atoms. The zero-order valence-electron chi connectivity index (χ0n) is 17.2. The third kappa shape index (κ3) is 6.78. The summed E-state index contributed by atoms with van der Waals surface area (Å²) >= 11 is 0. The van der Waals surface area contributed by atoms with Gasteiger partial charge in [-0.25, -0.2) is 8.42 Å². The fourth-order valence-electron chi connectivity index (χ4n) is 2.74. The Labute approximate surface area is 203 Å². The van der Waals surface area contributed by atoms with Crippen LogP contribution in [0.5, 0.6) is 0 Å². The number of hydrogen-bond donors (Lipinski definition) is 2. The number of benzene rings is 3. The van der Waals surface area contributed by atoms with Crippen molar-refractivity contribution in [1.29, 1.82) is 0 Å². The number of amidine groups is 1. The van der Waals surface area contributed by atoms with Gasteiger partial charge in [0.25, 0.3) is 15.7 Å². The van der Waals surface area contributed by atoms with E-state index < -0.39 is 26.7 Å². The number of alkyl halides is 3. The first-order chi connectivity index (χ1) is 15.5. The van der Waals surface area contributed by atoms with Crippen LogP contribution in [0.3, 0.4) is 0 Å². The van der Waals surface area contributed by atoms with E-state index >= 15 is 0 Å². The first kappa shape index (κ1) is 26.8. The average Bonchev–Trinajstić information content (AvgIpc) is 2.77. The van der Waals surface area contributed by atoms with Crippen LogP contribution in [0.25, 0.3) is 0 Å². The van der Waals surface area contributed by atoms with Crippen molar-refractivity contribution in [3.8, 4) is 0 Å². The van der Waals surface area contributed by atoms with Crippen LogP contribution in [-0.2, 0) is 22.7 Å². The van der Waals surface area contributed by atoms with Crippen molar-refractivity contribution in [2.75, 3.05) is 4.72 Å². The minimum Gasteiger partial charge on any atom is -0.383 e. The molecule has 13 heteroatoms. The molecule has 0 amide bonds. The smallest absolute Gasteiger partial charge is 0.383 e. The molecule has 34 heavy (non-hydrogen) atoms. The van der Waals surface area contributed by atoms with Crippen LogP contribution >= 0.6 is 17.0 Å². The molecule has 3 N–H and O–H groups in total. The Hall–Kier alpha value is -3.45. The Morgan fingerprint density at radius 2 is 1.53 bits per heavy atom. The normalized spacial score (nSPS) is 12.0. The Morgan fingerprint density at radius 3 is 2.03 bits per heavy atom. The summed E-state index contributed by atoms with van der Waals surface area (Å²) in [4.78, 5) is 14.1. The summed E-state index contributed by atoms with van der Waals surface area (Å²) in [6.45, 7) is 0.127. The third-order valence-corrected chi connectivity index (χ3v) is 5.90. The molecule has 3 aromatic carbocycles. The molecule has 0 aliphatic heterocycles. The van der Waals surface area contributed by atoms with Gasteiger partial charge in [0.1, 0.15) is 5.84 Å². The second-order valence-corrected chi connectivity index (χ2v) is 8.51. The van der Waals surface area contributed by atoms with Crippen molar-refractivity contribution < 1.29 is 26.5 Å². The molecular formula is C21H18BrF3N4O4S. The van der Waals surface area contributed by atoms with Gasteiger partial charge in [0.05, 0.1) is 21.9 Å². The molecule has 3 aromatic rings. The Morgan fingerprint density at radius 1 is 0.971 bits per heavy atom. The minimum atomic E-state index is -4.44. The van der Waals surface area contributed by atoms with E-state index in [2.05, 4.69) is 9.71 Å². The first-order valence-corrected chi connectivity index (χ1v) is 10.8. The highest BCUT2D eigenvalue weighted by molar-refractivity contribution is 8.93. The van der Waals surface area contributed by atoms with E-state index in [9.17, 15) is 31.7 Å². The molecule has 8 nitrogen and oxygen atoms in total. The summed E-state index contributed by atoms with van der Waals surface area (Å²) in [5.74, 6) is 0.0617. The number of anilines is 1. The summed E-state index contributed by atoms with van der Waals surface area (Å²) < 4.78 is 65.2. The van der Waals surface area contributed by atoms with Gasteiger partial charge >= 0.3 is 6.18 Å². The topological polar surface area (TPSA) is 128 Å². The van der Waals surface area contributed by atoms with Crippen LogP contribution in [0.15, 0.2) is 82.7 Å². The molecule has 180 valence electrons. The molecule has 0 radical (unpaired) electrons. The number of nitrogens with one attached hydrogen (secondary N) is 1. The maximum absolute atomic E-state index is 12.6. The predicted molar refractivity (Wildman–Crippen MR) is 127 cm³/mol. The number of hydrogen-bond acceptors (Lipinski definition) is 5. The monoisotopic (exact) mass is 558 g/mol. The van der Waals surface area contributed by atoms with Gasteiger partial charge in [0.2, 0.25) is 0 Å². The summed E-state index contributed by atoms with van der Waals surface area (Å²) in [6.07, 6.45) is -4.44. The number of aliphatic imine (C=N–C) groups is 1. The fraction of sp³-hybridized carbons (Fsp3) is 0.0952. The molecule has 3 rings (SSSR count). The molecule has 0 saturated carbocycles. The summed E-state index contributed by atoms with van der Waals surface area (Å²) in [5, 5.41) is 10.7. The van der Waals surface area contributed by atoms with Crippen LogP contribution in [0.4, 0.5) is 24.5 Å². The van der Waals surface area contributed by atoms with Crippen LogP contribution in [0, 0.1) is 10.1 Å². The van der Waals surface area contributed by atoms with Crippen LogP contribution in [0.2, 0.25) is 0 Å². The maximum atomic E-state index is 12.6. The number of nitro benzene ring substituents is 1. The Bertz CT molecular complexity index is 1280. The highest BCUT2D eigenvalue weighted by atomic mass is 79.9. The van der Waals surface area contributed by atoms with Crippen LogP contribution < -0.4 is 10.5 Å². The van der Waals surface area contributed by atoms with E-state index in [1.807, 2.05) is 0 Å². The zero-order chi connectivity index (χ0) is 24.2. The van der Waals surface area contributed by atoms with Crippen molar-refractivity contribution in [2.45, 2.75) is 17.6 Å². The maximum Gasteiger partial charge on any atom is 0.416 e. The lowest BCUT2D eigenvalue weighted by Crippen LogP contribution is -2.14. The van der Waals surface area contributed by atoms with Gasteiger partial charge < -0.3 is 5.73 Å². The van der Waals surface area contributed by atoms with Crippen molar-refractivity contribution >= 4 is 44.2 Å². The van der Waals surface area contributed by atoms with Gasteiger partial charge in [-0.05, 0) is 42.0 Å². The molecule has 0 heterocycles. The van der Waals surface area contributed by atoms with E-state index in [1.165, 1.54) is 24.3 Å². The number of nitrogens with two attached hydrogens (primary N) is 1. The highest BCUT2D eigenvalue weighted by Crippen LogP contribution is 2.29. The van der Waals surface area contributed by atoms with E-state index in [4.69, 9.17) is 5.73 Å². The highest BCUT2D eigenvalue weighted by Gasteiger charge is 2.30. The van der Waals surface area contributed by atoms with Gasteiger partial charge in [-0.1, -0.05) is 24.3 Å². The lowest BCUT2D eigenvalue weighted by Gasteiger charge is -2.09. The molecule has 0 aliphatic rings. The Balaban J connectivity index is 0.00000408. The van der Waals surface area contributed by atoms with Crippen molar-refractivity contribution in [3.63, 3.8) is 0 Å². The van der Waals surface area contributed by atoms with E-state index in [1.54, 1.807) is 12.1 Å².